The SMILES string of the molecule is Cc1cc(NC(=O)CN2CCN(C(=O)CCc3cccc(Cl)c3)CC2)no1. The molecule has 144 valence electrons. The van der Waals surface area contributed by atoms with Gasteiger partial charge < -0.3 is 14.7 Å². The lowest BCUT2D eigenvalue weighted by Crippen LogP contribution is -2.50. The molecule has 0 aliphatic carbocycles. The summed E-state index contributed by atoms with van der Waals surface area (Å²) in [6.45, 7) is 4.65. The van der Waals surface area contributed by atoms with Gasteiger partial charge in [0, 0.05) is 43.7 Å². The van der Waals surface area contributed by atoms with E-state index in [1.807, 2.05) is 34.1 Å². The van der Waals surface area contributed by atoms with E-state index in [-0.39, 0.29) is 18.4 Å². The quantitative estimate of drug-likeness (QED) is 0.819. The van der Waals surface area contributed by atoms with Crippen LogP contribution in [0.3, 0.4) is 0 Å². The first kappa shape index (κ1) is 19.4. The number of anilines is 1. The molecule has 1 aromatic heterocycles. The molecule has 1 aliphatic rings. The molecule has 1 saturated heterocycles. The first-order valence-corrected chi connectivity index (χ1v) is 9.35. The van der Waals surface area contributed by atoms with Crippen molar-refractivity contribution < 1.29 is 14.1 Å². The van der Waals surface area contributed by atoms with Gasteiger partial charge in [-0.15, -0.1) is 0 Å². The van der Waals surface area contributed by atoms with Gasteiger partial charge in [-0.3, -0.25) is 14.5 Å². The van der Waals surface area contributed by atoms with Crippen LogP contribution in [0.2, 0.25) is 5.02 Å². The van der Waals surface area contributed by atoms with Crippen LogP contribution in [0, 0.1) is 6.92 Å². The van der Waals surface area contributed by atoms with Gasteiger partial charge in [0.25, 0.3) is 0 Å². The molecule has 2 aromatic rings. The molecule has 0 radical (unpaired) electrons. The summed E-state index contributed by atoms with van der Waals surface area (Å²) in [6.07, 6.45) is 1.14. The Balaban J connectivity index is 1.39. The average Bonchev–Trinajstić information content (AvgIpc) is 3.05. The van der Waals surface area contributed by atoms with Crippen LogP contribution in [0.15, 0.2) is 34.9 Å². The van der Waals surface area contributed by atoms with Crippen molar-refractivity contribution >= 4 is 29.2 Å². The lowest BCUT2D eigenvalue weighted by atomic mass is 10.1. The van der Waals surface area contributed by atoms with Crippen LogP contribution in [0.25, 0.3) is 0 Å². The smallest absolute Gasteiger partial charge is 0.239 e. The molecule has 0 bridgehead atoms. The summed E-state index contributed by atoms with van der Waals surface area (Å²) in [5, 5.41) is 7.15. The summed E-state index contributed by atoms with van der Waals surface area (Å²) in [4.78, 5) is 28.4. The van der Waals surface area contributed by atoms with Crippen LogP contribution < -0.4 is 5.32 Å². The lowest BCUT2D eigenvalue weighted by Gasteiger charge is -2.34. The van der Waals surface area contributed by atoms with Crippen LogP contribution in [0.4, 0.5) is 5.82 Å². The van der Waals surface area contributed by atoms with E-state index in [1.165, 1.54) is 0 Å². The van der Waals surface area contributed by atoms with Crippen molar-refractivity contribution in [3.05, 3.63) is 46.7 Å². The van der Waals surface area contributed by atoms with Gasteiger partial charge in [-0.2, -0.15) is 0 Å². The number of aryl methyl sites for hydroxylation is 2. The van der Waals surface area contributed by atoms with E-state index in [1.54, 1.807) is 13.0 Å². The zero-order valence-electron chi connectivity index (χ0n) is 15.3. The number of aromatic nitrogens is 1. The number of nitrogens with one attached hydrogen (secondary N) is 1. The van der Waals surface area contributed by atoms with Gasteiger partial charge in [-0.05, 0) is 31.0 Å². The second kappa shape index (κ2) is 9.01. The number of carbonyl (C=O) groups is 2. The molecule has 0 saturated carbocycles. The summed E-state index contributed by atoms with van der Waals surface area (Å²) < 4.78 is 4.93. The minimum atomic E-state index is -0.135. The van der Waals surface area contributed by atoms with Crippen LogP contribution in [-0.4, -0.2) is 59.5 Å². The maximum Gasteiger partial charge on any atom is 0.239 e. The third kappa shape index (κ3) is 5.80. The molecule has 7 nitrogen and oxygen atoms in total. The molecule has 1 aromatic carbocycles. The zero-order chi connectivity index (χ0) is 19.2. The van der Waals surface area contributed by atoms with Crippen molar-refractivity contribution in [1.82, 2.24) is 15.0 Å². The highest BCUT2D eigenvalue weighted by molar-refractivity contribution is 6.30. The summed E-state index contributed by atoms with van der Waals surface area (Å²) in [5.74, 6) is 1.07. The number of hydrogen-bond donors (Lipinski definition) is 1. The van der Waals surface area contributed by atoms with Crippen LogP contribution in [0.5, 0.6) is 0 Å². The zero-order valence-corrected chi connectivity index (χ0v) is 16.0. The molecule has 2 heterocycles. The van der Waals surface area contributed by atoms with Crippen LogP contribution >= 0.6 is 11.6 Å². The first-order valence-electron chi connectivity index (χ1n) is 8.97. The Hall–Kier alpha value is -2.38. The first-order chi connectivity index (χ1) is 13.0. The largest absolute Gasteiger partial charge is 0.360 e. The highest BCUT2D eigenvalue weighted by Gasteiger charge is 2.22. The highest BCUT2D eigenvalue weighted by atomic mass is 35.5. The third-order valence-corrected chi connectivity index (χ3v) is 4.74. The van der Waals surface area contributed by atoms with E-state index in [0.717, 1.165) is 5.56 Å². The average molecular weight is 391 g/mol. The molecule has 8 heteroatoms. The second-order valence-electron chi connectivity index (χ2n) is 6.66. The third-order valence-electron chi connectivity index (χ3n) is 4.50. The van der Waals surface area contributed by atoms with E-state index < -0.39 is 0 Å². The number of rotatable bonds is 6. The number of nitrogens with zero attached hydrogens (tertiary/aromatic N) is 3. The topological polar surface area (TPSA) is 78.7 Å². The van der Waals surface area contributed by atoms with E-state index in [0.29, 0.717) is 55.6 Å². The number of carbonyl (C=O) groups excluding carboxylic acids is 2. The Bertz CT molecular complexity index is 800. The molecular formula is C19H23ClN4O3. The Kier molecular flexibility index (Phi) is 6.47. The van der Waals surface area contributed by atoms with Gasteiger partial charge in [0.05, 0.1) is 6.54 Å². The van der Waals surface area contributed by atoms with E-state index in [4.69, 9.17) is 16.1 Å². The van der Waals surface area contributed by atoms with Gasteiger partial charge >= 0.3 is 0 Å². The minimum Gasteiger partial charge on any atom is -0.360 e. The molecule has 1 aliphatic heterocycles. The predicted molar refractivity (Wildman–Crippen MR) is 103 cm³/mol. The maximum absolute atomic E-state index is 12.4. The fourth-order valence-corrected chi connectivity index (χ4v) is 3.28. The molecule has 1 fully saturated rings. The standard InChI is InChI=1S/C19H23ClN4O3/c1-14-11-17(22-27-14)21-18(25)13-23-7-9-24(10-8-23)19(26)6-5-15-3-2-4-16(20)12-15/h2-4,11-12H,5-10,13H2,1H3,(H,21,22,25). The maximum atomic E-state index is 12.4. The van der Waals surface area contributed by atoms with E-state index in [2.05, 4.69) is 10.5 Å². The van der Waals surface area contributed by atoms with Gasteiger partial charge in [-0.1, -0.05) is 28.9 Å². The molecular weight excluding hydrogens is 368 g/mol. The van der Waals surface area contributed by atoms with Crippen LogP contribution in [0.1, 0.15) is 17.7 Å². The van der Waals surface area contributed by atoms with Gasteiger partial charge in [0.1, 0.15) is 5.76 Å². The van der Waals surface area contributed by atoms with Crippen molar-refractivity contribution in [2.24, 2.45) is 0 Å². The van der Waals surface area contributed by atoms with E-state index >= 15 is 0 Å². The molecule has 0 spiro atoms. The number of hydrogen-bond acceptors (Lipinski definition) is 5. The van der Waals surface area contributed by atoms with Crippen LogP contribution in [-0.2, 0) is 16.0 Å². The number of halogens is 1. The molecule has 3 rings (SSSR count). The second-order valence-corrected chi connectivity index (χ2v) is 7.09. The number of amides is 2. The summed E-state index contributed by atoms with van der Waals surface area (Å²) >= 11 is 5.98. The number of benzene rings is 1. The Morgan fingerprint density at radius 1 is 1.22 bits per heavy atom. The number of piperazine rings is 1. The summed E-state index contributed by atoms with van der Waals surface area (Å²) in [7, 11) is 0. The van der Waals surface area contributed by atoms with Crippen molar-refractivity contribution in [3.8, 4) is 0 Å². The van der Waals surface area contributed by atoms with Crippen molar-refractivity contribution in [3.63, 3.8) is 0 Å². The fourth-order valence-electron chi connectivity index (χ4n) is 3.07. The van der Waals surface area contributed by atoms with E-state index in [9.17, 15) is 9.59 Å². The van der Waals surface area contributed by atoms with Gasteiger partial charge in [0.2, 0.25) is 11.8 Å². The Labute approximate surface area is 163 Å². The normalized spacial score (nSPS) is 15.0. The van der Waals surface area contributed by atoms with Crippen molar-refractivity contribution in [2.45, 2.75) is 19.8 Å². The summed E-state index contributed by atoms with van der Waals surface area (Å²) in [6, 6.07) is 9.26. The molecule has 0 atom stereocenters. The van der Waals surface area contributed by atoms with Crippen molar-refractivity contribution in [1.29, 1.82) is 0 Å². The molecule has 2 amide bonds. The molecule has 1 N–H and O–H groups in total. The summed E-state index contributed by atoms with van der Waals surface area (Å²) in [5.41, 5.74) is 1.06. The van der Waals surface area contributed by atoms with Crippen molar-refractivity contribution in [2.75, 3.05) is 38.0 Å². The predicted octanol–water partition coefficient (Wildman–Crippen LogP) is 2.35. The highest BCUT2D eigenvalue weighted by Crippen LogP contribution is 2.13. The molecule has 27 heavy (non-hydrogen) atoms. The van der Waals surface area contributed by atoms with Gasteiger partial charge in [-0.25, -0.2) is 0 Å². The Morgan fingerprint density at radius 3 is 2.67 bits per heavy atom. The molecule has 0 unspecified atom stereocenters. The minimum absolute atomic E-state index is 0.135. The Morgan fingerprint density at radius 2 is 2.00 bits per heavy atom. The fraction of sp³-hybridized carbons (Fsp3) is 0.421. The van der Waals surface area contributed by atoms with Gasteiger partial charge in [0.15, 0.2) is 5.82 Å². The lowest BCUT2D eigenvalue weighted by molar-refractivity contribution is -0.133. The monoisotopic (exact) mass is 390 g/mol.